The first-order chi connectivity index (χ1) is 10.5. The molecule has 128 valence electrons. The predicted octanol–water partition coefficient (Wildman–Crippen LogP) is 2.77. The summed E-state index contributed by atoms with van der Waals surface area (Å²) in [6, 6.07) is -0.190. The average Bonchev–Trinajstić information content (AvgIpc) is 2.75. The molecule has 0 spiro atoms. The molecule has 6 heteroatoms. The Balaban J connectivity index is 2.04. The molecule has 1 aliphatic carbocycles. The Labute approximate surface area is 137 Å². The van der Waals surface area contributed by atoms with Crippen LogP contribution in [0.2, 0.25) is 0 Å². The number of aliphatic carboxylic acids is 1. The third-order valence-electron chi connectivity index (χ3n) is 4.73. The Hall–Kier alpha value is -1.85. The van der Waals surface area contributed by atoms with Crippen molar-refractivity contribution in [2.75, 3.05) is 0 Å². The van der Waals surface area contributed by atoms with Crippen molar-refractivity contribution in [1.82, 2.24) is 15.1 Å². The molecule has 1 saturated carbocycles. The first-order valence-electron chi connectivity index (χ1n) is 8.14. The van der Waals surface area contributed by atoms with Crippen LogP contribution in [0.5, 0.6) is 0 Å². The monoisotopic (exact) mass is 321 g/mol. The van der Waals surface area contributed by atoms with E-state index in [1.54, 1.807) is 0 Å². The number of aromatic nitrogens is 2. The molecule has 0 radical (unpaired) electrons. The summed E-state index contributed by atoms with van der Waals surface area (Å²) in [4.78, 5) is 23.6. The highest BCUT2D eigenvalue weighted by molar-refractivity contribution is 5.85. The molecular formula is C17H27N3O3. The van der Waals surface area contributed by atoms with Gasteiger partial charge < -0.3 is 10.4 Å². The molecular weight excluding hydrogens is 294 g/mol. The van der Waals surface area contributed by atoms with Gasteiger partial charge in [-0.15, -0.1) is 0 Å². The van der Waals surface area contributed by atoms with Crippen LogP contribution in [0, 0.1) is 12.3 Å². The van der Waals surface area contributed by atoms with Crippen molar-refractivity contribution in [3.63, 3.8) is 0 Å². The van der Waals surface area contributed by atoms with Gasteiger partial charge in [-0.2, -0.15) is 5.10 Å². The fourth-order valence-corrected chi connectivity index (χ4v) is 2.99. The Morgan fingerprint density at radius 3 is 2.43 bits per heavy atom. The van der Waals surface area contributed by atoms with Crippen LogP contribution in [0.3, 0.4) is 0 Å². The summed E-state index contributed by atoms with van der Waals surface area (Å²) in [5.74, 6) is -1.06. The lowest BCUT2D eigenvalue weighted by molar-refractivity contribution is -0.157. The minimum Gasteiger partial charge on any atom is -0.481 e. The molecule has 1 aromatic heterocycles. The van der Waals surface area contributed by atoms with E-state index in [0.29, 0.717) is 12.8 Å². The number of nitrogens with zero attached hydrogens (tertiary/aromatic N) is 2. The summed E-state index contributed by atoms with van der Waals surface area (Å²) in [7, 11) is 0. The Bertz CT molecular complexity index is 609. The number of carbonyl (C=O) groups is 2. The van der Waals surface area contributed by atoms with Gasteiger partial charge in [0.15, 0.2) is 0 Å². The highest BCUT2D eigenvalue weighted by Crippen LogP contribution is 2.44. The molecule has 23 heavy (non-hydrogen) atoms. The SMILES string of the molecule is Cc1nn(C(C)(C)C)cc1C(C)NC(=O)CC1(C(=O)O)CCC1. The second kappa shape index (κ2) is 5.98. The maximum atomic E-state index is 12.3. The predicted molar refractivity (Wildman–Crippen MR) is 87.1 cm³/mol. The number of rotatable bonds is 5. The van der Waals surface area contributed by atoms with E-state index in [2.05, 4.69) is 31.2 Å². The second-order valence-corrected chi connectivity index (χ2v) is 7.69. The van der Waals surface area contributed by atoms with Crippen LogP contribution in [0.1, 0.15) is 70.7 Å². The van der Waals surface area contributed by atoms with Gasteiger partial charge in [0.2, 0.25) is 5.91 Å². The Morgan fingerprint density at radius 2 is 2.04 bits per heavy atom. The molecule has 0 aromatic carbocycles. The van der Waals surface area contributed by atoms with Gasteiger partial charge >= 0.3 is 5.97 Å². The van der Waals surface area contributed by atoms with Crippen molar-refractivity contribution in [3.05, 3.63) is 17.5 Å². The van der Waals surface area contributed by atoms with Crippen molar-refractivity contribution >= 4 is 11.9 Å². The van der Waals surface area contributed by atoms with Crippen molar-refractivity contribution < 1.29 is 14.7 Å². The summed E-state index contributed by atoms with van der Waals surface area (Å²) in [6.07, 6.45) is 4.07. The van der Waals surface area contributed by atoms with Crippen molar-refractivity contribution in [2.45, 2.75) is 71.9 Å². The zero-order valence-electron chi connectivity index (χ0n) is 14.6. The van der Waals surface area contributed by atoms with E-state index in [4.69, 9.17) is 0 Å². The van der Waals surface area contributed by atoms with E-state index in [1.807, 2.05) is 24.7 Å². The zero-order valence-corrected chi connectivity index (χ0v) is 14.6. The minimum atomic E-state index is -0.858. The van der Waals surface area contributed by atoms with Gasteiger partial charge in [-0.05, 0) is 47.5 Å². The molecule has 1 unspecified atom stereocenters. The van der Waals surface area contributed by atoms with E-state index in [9.17, 15) is 14.7 Å². The first-order valence-corrected chi connectivity index (χ1v) is 8.14. The molecule has 0 saturated heterocycles. The van der Waals surface area contributed by atoms with Crippen LogP contribution < -0.4 is 5.32 Å². The smallest absolute Gasteiger partial charge is 0.310 e. The number of carboxylic acid groups (broad SMARTS) is 1. The molecule has 1 aromatic rings. The topological polar surface area (TPSA) is 84.2 Å². The number of aryl methyl sites for hydroxylation is 1. The number of carboxylic acids is 1. The summed E-state index contributed by atoms with van der Waals surface area (Å²) >= 11 is 0. The highest BCUT2D eigenvalue weighted by Gasteiger charge is 2.46. The van der Waals surface area contributed by atoms with Crippen LogP contribution >= 0.6 is 0 Å². The van der Waals surface area contributed by atoms with E-state index in [0.717, 1.165) is 17.7 Å². The van der Waals surface area contributed by atoms with Crippen molar-refractivity contribution in [1.29, 1.82) is 0 Å². The van der Waals surface area contributed by atoms with E-state index in [1.165, 1.54) is 0 Å². The molecule has 1 aliphatic rings. The maximum absolute atomic E-state index is 12.3. The molecule has 0 aliphatic heterocycles. The lowest BCUT2D eigenvalue weighted by atomic mass is 9.66. The number of carbonyl (C=O) groups excluding carboxylic acids is 1. The van der Waals surface area contributed by atoms with Gasteiger partial charge in [-0.1, -0.05) is 6.42 Å². The van der Waals surface area contributed by atoms with Crippen LogP contribution in [-0.4, -0.2) is 26.8 Å². The van der Waals surface area contributed by atoms with E-state index < -0.39 is 11.4 Å². The molecule has 1 atom stereocenters. The molecule has 0 bridgehead atoms. The fourth-order valence-electron chi connectivity index (χ4n) is 2.99. The van der Waals surface area contributed by atoms with Gasteiger partial charge in [0, 0.05) is 18.2 Å². The number of amides is 1. The molecule has 2 N–H and O–H groups in total. The van der Waals surface area contributed by atoms with Gasteiger partial charge in [-0.25, -0.2) is 0 Å². The van der Waals surface area contributed by atoms with Crippen molar-refractivity contribution in [3.8, 4) is 0 Å². The molecule has 6 nitrogen and oxygen atoms in total. The minimum absolute atomic E-state index is 0.0547. The van der Waals surface area contributed by atoms with Gasteiger partial charge in [0.1, 0.15) is 0 Å². The van der Waals surface area contributed by atoms with Gasteiger partial charge in [0.05, 0.1) is 22.7 Å². The van der Waals surface area contributed by atoms with Gasteiger partial charge in [-0.3, -0.25) is 14.3 Å². The average molecular weight is 321 g/mol. The number of hydrogen-bond acceptors (Lipinski definition) is 3. The van der Waals surface area contributed by atoms with Crippen LogP contribution in [0.15, 0.2) is 6.20 Å². The molecule has 1 heterocycles. The quantitative estimate of drug-likeness (QED) is 0.873. The normalized spacial score (nSPS) is 18.1. The fraction of sp³-hybridized carbons (Fsp3) is 0.706. The van der Waals surface area contributed by atoms with Gasteiger partial charge in [0.25, 0.3) is 0 Å². The summed E-state index contributed by atoms with van der Waals surface area (Å²) in [5.41, 5.74) is 0.871. The lowest BCUT2D eigenvalue weighted by Gasteiger charge is -2.37. The summed E-state index contributed by atoms with van der Waals surface area (Å²) < 4.78 is 1.89. The van der Waals surface area contributed by atoms with E-state index in [-0.39, 0.29) is 23.9 Å². The third kappa shape index (κ3) is 3.57. The van der Waals surface area contributed by atoms with Crippen LogP contribution in [-0.2, 0) is 15.1 Å². The number of hydrogen-bond donors (Lipinski definition) is 2. The Morgan fingerprint density at radius 1 is 1.43 bits per heavy atom. The zero-order chi connectivity index (χ0) is 17.4. The van der Waals surface area contributed by atoms with Crippen LogP contribution in [0.4, 0.5) is 0 Å². The number of nitrogens with one attached hydrogen (secondary N) is 1. The molecule has 1 amide bonds. The molecule has 2 rings (SSSR count). The van der Waals surface area contributed by atoms with Crippen LogP contribution in [0.25, 0.3) is 0 Å². The second-order valence-electron chi connectivity index (χ2n) is 7.69. The highest BCUT2D eigenvalue weighted by atomic mass is 16.4. The Kier molecular flexibility index (Phi) is 4.55. The lowest BCUT2D eigenvalue weighted by Crippen LogP contribution is -2.43. The summed E-state index contributed by atoms with van der Waals surface area (Å²) in [5, 5.41) is 16.8. The largest absolute Gasteiger partial charge is 0.481 e. The first kappa shape index (κ1) is 17.5. The third-order valence-corrected chi connectivity index (χ3v) is 4.73. The van der Waals surface area contributed by atoms with E-state index >= 15 is 0 Å². The summed E-state index contributed by atoms with van der Waals surface area (Å²) in [6.45, 7) is 10.0. The maximum Gasteiger partial charge on any atom is 0.310 e. The molecule has 1 fully saturated rings. The van der Waals surface area contributed by atoms with Crippen molar-refractivity contribution in [2.24, 2.45) is 5.41 Å². The standard InChI is InChI=1S/C17H27N3O3/c1-11(13-10-20(16(3,4)5)19-12(13)2)18-14(21)9-17(15(22)23)7-6-8-17/h10-11H,6-9H2,1-5H3,(H,18,21)(H,22,23).